The van der Waals surface area contributed by atoms with E-state index in [4.69, 9.17) is 9.15 Å². The van der Waals surface area contributed by atoms with Gasteiger partial charge < -0.3 is 19.5 Å². The van der Waals surface area contributed by atoms with Crippen LogP contribution in [0.1, 0.15) is 50.3 Å². The number of carbonyl (C=O) groups is 2. The number of benzene rings is 1. The molecule has 1 amide bonds. The molecule has 0 aliphatic heterocycles. The molecule has 7 nitrogen and oxygen atoms in total. The minimum absolute atomic E-state index is 0.275. The van der Waals surface area contributed by atoms with Crippen LogP contribution in [-0.4, -0.2) is 28.5 Å². The van der Waals surface area contributed by atoms with Gasteiger partial charge in [0.1, 0.15) is 12.0 Å². The number of nitrogens with zero attached hydrogens (tertiary/aromatic N) is 1. The fourth-order valence-corrected chi connectivity index (χ4v) is 3.09. The number of hydrogen-bond acceptors (Lipinski definition) is 5. The average molecular weight is 381 g/mol. The molecule has 0 saturated carbocycles. The van der Waals surface area contributed by atoms with Crippen LogP contribution < -0.4 is 5.32 Å². The molecule has 2 aromatic heterocycles. The molecule has 2 N–H and O–H groups in total. The summed E-state index contributed by atoms with van der Waals surface area (Å²) in [4.78, 5) is 32.3. The highest BCUT2D eigenvalue weighted by molar-refractivity contribution is 6.07. The third-order valence-corrected chi connectivity index (χ3v) is 4.49. The summed E-state index contributed by atoms with van der Waals surface area (Å²) >= 11 is 0. The van der Waals surface area contributed by atoms with Crippen LogP contribution in [0.2, 0.25) is 0 Å². The summed E-state index contributed by atoms with van der Waals surface area (Å²) in [5.74, 6) is -0.276. The van der Waals surface area contributed by atoms with Crippen molar-refractivity contribution in [3.8, 4) is 11.5 Å². The molecule has 3 rings (SSSR count). The largest absolute Gasteiger partial charge is 0.462 e. The van der Waals surface area contributed by atoms with Gasteiger partial charge in [0.15, 0.2) is 0 Å². The maximum atomic E-state index is 12.8. The molecule has 28 heavy (non-hydrogen) atoms. The number of H-pyrrole nitrogens is 1. The zero-order valence-electron chi connectivity index (χ0n) is 16.6. The SMILES string of the molecule is CCOC(=O)c1c(C)[nH]c(C(=O)Nc2ccc(C)c(-c3nc(C)co3)c2)c1C. The number of oxazole rings is 1. The van der Waals surface area contributed by atoms with Gasteiger partial charge in [-0.2, -0.15) is 0 Å². The first-order valence-electron chi connectivity index (χ1n) is 9.02. The number of hydrogen-bond donors (Lipinski definition) is 2. The van der Waals surface area contributed by atoms with Crippen molar-refractivity contribution in [2.45, 2.75) is 34.6 Å². The van der Waals surface area contributed by atoms with E-state index in [1.807, 2.05) is 32.0 Å². The van der Waals surface area contributed by atoms with E-state index in [2.05, 4.69) is 15.3 Å². The first kappa shape index (κ1) is 19.4. The van der Waals surface area contributed by atoms with Gasteiger partial charge in [0.2, 0.25) is 5.89 Å². The van der Waals surface area contributed by atoms with Crippen LogP contribution in [-0.2, 0) is 4.74 Å². The Hall–Kier alpha value is -3.35. The molecule has 146 valence electrons. The quantitative estimate of drug-likeness (QED) is 0.641. The van der Waals surface area contributed by atoms with Gasteiger partial charge in [0.25, 0.3) is 5.91 Å². The Bertz CT molecular complexity index is 1050. The minimum Gasteiger partial charge on any atom is -0.462 e. The molecular weight excluding hydrogens is 358 g/mol. The van der Waals surface area contributed by atoms with Crippen molar-refractivity contribution in [2.24, 2.45) is 0 Å². The summed E-state index contributed by atoms with van der Waals surface area (Å²) in [7, 11) is 0. The van der Waals surface area contributed by atoms with Crippen molar-refractivity contribution < 1.29 is 18.7 Å². The predicted molar refractivity (Wildman–Crippen MR) is 106 cm³/mol. The topological polar surface area (TPSA) is 97.2 Å². The van der Waals surface area contributed by atoms with E-state index >= 15 is 0 Å². The van der Waals surface area contributed by atoms with Crippen molar-refractivity contribution in [3.63, 3.8) is 0 Å². The molecule has 0 saturated heterocycles. The Morgan fingerprint density at radius 3 is 2.61 bits per heavy atom. The molecule has 0 fully saturated rings. The molecular formula is C21H23N3O4. The van der Waals surface area contributed by atoms with Crippen molar-refractivity contribution in [1.82, 2.24) is 9.97 Å². The molecule has 3 aromatic rings. The maximum absolute atomic E-state index is 12.8. The van der Waals surface area contributed by atoms with Crippen molar-refractivity contribution in [2.75, 3.05) is 11.9 Å². The lowest BCUT2D eigenvalue weighted by atomic mass is 10.1. The molecule has 0 atom stereocenters. The molecule has 0 spiro atoms. The van der Waals surface area contributed by atoms with E-state index in [0.717, 1.165) is 16.8 Å². The first-order chi connectivity index (χ1) is 13.3. The lowest BCUT2D eigenvalue weighted by Gasteiger charge is -2.08. The van der Waals surface area contributed by atoms with Gasteiger partial charge in [0, 0.05) is 16.9 Å². The lowest BCUT2D eigenvalue weighted by Crippen LogP contribution is -2.14. The van der Waals surface area contributed by atoms with Crippen LogP contribution in [0.25, 0.3) is 11.5 Å². The number of aryl methyl sites for hydroxylation is 3. The van der Waals surface area contributed by atoms with E-state index in [-0.39, 0.29) is 12.5 Å². The summed E-state index contributed by atoms with van der Waals surface area (Å²) in [6, 6.07) is 5.52. The predicted octanol–water partition coefficient (Wildman–Crippen LogP) is 4.33. The molecule has 0 unspecified atom stereocenters. The summed E-state index contributed by atoms with van der Waals surface area (Å²) in [6.07, 6.45) is 1.59. The highest BCUT2D eigenvalue weighted by atomic mass is 16.5. The van der Waals surface area contributed by atoms with Crippen molar-refractivity contribution >= 4 is 17.6 Å². The number of carbonyl (C=O) groups excluding carboxylic acids is 2. The molecule has 0 aliphatic rings. The standard InChI is InChI=1S/C21H23N3O4/c1-6-27-21(26)17-13(4)18(23-14(17)5)19(25)24-15-8-7-11(2)16(9-15)20-22-12(3)10-28-20/h7-10,23H,6H2,1-5H3,(H,24,25). The first-order valence-corrected chi connectivity index (χ1v) is 9.02. The Morgan fingerprint density at radius 1 is 1.21 bits per heavy atom. The van der Waals surface area contributed by atoms with E-state index in [0.29, 0.717) is 34.1 Å². The van der Waals surface area contributed by atoms with Crippen molar-refractivity contribution in [3.05, 3.63) is 58.2 Å². The van der Waals surface area contributed by atoms with Crippen LogP contribution in [0.3, 0.4) is 0 Å². The zero-order chi connectivity index (χ0) is 20.4. The highest BCUT2D eigenvalue weighted by Gasteiger charge is 2.23. The zero-order valence-corrected chi connectivity index (χ0v) is 16.6. The molecule has 0 bridgehead atoms. The monoisotopic (exact) mass is 381 g/mol. The second kappa shape index (κ2) is 7.72. The highest BCUT2D eigenvalue weighted by Crippen LogP contribution is 2.27. The van der Waals surface area contributed by atoms with Crippen LogP contribution in [0.5, 0.6) is 0 Å². The fourth-order valence-electron chi connectivity index (χ4n) is 3.09. The smallest absolute Gasteiger partial charge is 0.340 e. The van der Waals surface area contributed by atoms with E-state index in [1.165, 1.54) is 0 Å². The molecule has 1 aromatic carbocycles. The van der Waals surface area contributed by atoms with E-state index in [1.54, 1.807) is 27.0 Å². The summed E-state index contributed by atoms with van der Waals surface area (Å²) in [5.41, 5.74) is 5.05. The molecule has 2 heterocycles. The van der Waals surface area contributed by atoms with Gasteiger partial charge in [-0.3, -0.25) is 4.79 Å². The number of anilines is 1. The Morgan fingerprint density at radius 2 is 1.96 bits per heavy atom. The van der Waals surface area contributed by atoms with Gasteiger partial charge in [0.05, 0.1) is 17.9 Å². The third kappa shape index (κ3) is 3.69. The summed E-state index contributed by atoms with van der Waals surface area (Å²) in [5, 5.41) is 2.86. The normalized spacial score (nSPS) is 10.8. The average Bonchev–Trinajstić information content (AvgIpc) is 3.19. The van der Waals surface area contributed by atoms with Gasteiger partial charge in [-0.1, -0.05) is 6.07 Å². The lowest BCUT2D eigenvalue weighted by molar-refractivity contribution is 0.0525. The Balaban J connectivity index is 1.88. The maximum Gasteiger partial charge on any atom is 0.340 e. The number of esters is 1. The number of ether oxygens (including phenoxy) is 1. The summed E-state index contributed by atoms with van der Waals surface area (Å²) < 4.78 is 10.6. The number of aromatic amines is 1. The van der Waals surface area contributed by atoms with Crippen LogP contribution >= 0.6 is 0 Å². The minimum atomic E-state index is -0.440. The van der Waals surface area contributed by atoms with Gasteiger partial charge in [-0.15, -0.1) is 0 Å². The van der Waals surface area contributed by atoms with Gasteiger partial charge in [-0.25, -0.2) is 9.78 Å². The molecule has 0 aliphatic carbocycles. The van der Waals surface area contributed by atoms with Crippen molar-refractivity contribution in [1.29, 1.82) is 0 Å². The number of nitrogens with one attached hydrogen (secondary N) is 2. The van der Waals surface area contributed by atoms with Gasteiger partial charge >= 0.3 is 5.97 Å². The number of aromatic nitrogens is 2. The van der Waals surface area contributed by atoms with Crippen LogP contribution in [0.15, 0.2) is 28.9 Å². The number of rotatable bonds is 5. The van der Waals surface area contributed by atoms with Gasteiger partial charge in [-0.05, 0) is 57.9 Å². The molecule has 7 heteroatoms. The summed E-state index contributed by atoms with van der Waals surface area (Å²) in [6.45, 7) is 9.28. The second-order valence-electron chi connectivity index (χ2n) is 6.62. The Labute approximate surface area is 163 Å². The molecule has 0 radical (unpaired) electrons. The number of amides is 1. The Kier molecular flexibility index (Phi) is 5.35. The van der Waals surface area contributed by atoms with Crippen LogP contribution in [0, 0.1) is 27.7 Å². The fraction of sp³-hybridized carbons (Fsp3) is 0.286. The third-order valence-electron chi connectivity index (χ3n) is 4.49. The van der Waals surface area contributed by atoms with E-state index < -0.39 is 5.97 Å². The van der Waals surface area contributed by atoms with Crippen LogP contribution in [0.4, 0.5) is 5.69 Å². The van der Waals surface area contributed by atoms with E-state index in [9.17, 15) is 9.59 Å². The second-order valence-corrected chi connectivity index (χ2v) is 6.62.